The maximum absolute atomic E-state index is 14.6. The number of alkyl halides is 12. The molecule has 39 heteroatoms. The molecule has 2 aliphatic heterocycles. The van der Waals surface area contributed by atoms with Gasteiger partial charge in [0.15, 0.2) is 17.4 Å². The number of halogens is 16. The van der Waals surface area contributed by atoms with Gasteiger partial charge in [0.05, 0.1) is 42.5 Å². The molecule has 0 spiro atoms. The molecule has 134 heavy (non-hydrogen) atoms. The summed E-state index contributed by atoms with van der Waals surface area (Å²) >= 11 is -5.14. The molecule has 1 amide bonds. The molecule has 4 heterocycles. The molecule has 16 rings (SSSR count). The Balaban J connectivity index is 0.000000192. The maximum atomic E-state index is 14.6. The van der Waals surface area contributed by atoms with Gasteiger partial charge in [0, 0.05) is 144 Å². The van der Waals surface area contributed by atoms with Gasteiger partial charge >= 0.3 is 0 Å². The van der Waals surface area contributed by atoms with Crippen LogP contribution in [0.3, 0.4) is 0 Å². The SMILES string of the molecule is COCCN(CCOC)S(F)(F)F.C[C@@H](N)c1ccccc1.C[C@@H](N[C@@H]1CCCC(F)(F)[C@H]1O)c1ccccc1.C[C@@H](N[C@@H]1CCCC(F)(F)[C@H]1O)c1ccccc1.C[C@@H](N[C@H]1CCCC(F)(F)[C@@H]1O)c1ccccc1.FC1(F)CCCC2OC21.NC(=O)c1cc(F)c(N[C@@H]2CCCC(F)(F)[C@@H]2N)nc1Nc1ccc2ncccc2c1.N[C@@H]1CCCC(F)(F)[C@H]1O.O=C1CCCC2OC12. The maximum Gasteiger partial charge on any atom is 0.278 e. The molecule has 748 valence electrons. The lowest BCUT2D eigenvalue weighted by Crippen LogP contribution is -2.55. The molecule has 0 radical (unpaired) electrons. The van der Waals surface area contributed by atoms with Gasteiger partial charge in [0.25, 0.3) is 52.8 Å². The van der Waals surface area contributed by atoms with Crippen LogP contribution in [0.25, 0.3) is 10.9 Å². The summed E-state index contributed by atoms with van der Waals surface area (Å²) in [5, 5.41) is 53.7. The molecule has 4 unspecified atom stereocenters. The molecule has 7 aromatic rings. The first kappa shape index (κ1) is 111. The van der Waals surface area contributed by atoms with Crippen molar-refractivity contribution >= 4 is 51.3 Å². The Bertz CT molecular complexity index is 4460. The lowest BCUT2D eigenvalue weighted by atomic mass is 9.87. The van der Waals surface area contributed by atoms with Gasteiger partial charge in [-0.3, -0.25) is 14.6 Å². The third-order valence-electron chi connectivity index (χ3n) is 24.6. The number of Topliss-reactive ketones (excluding diaryl/α,β-unsaturated/α-hetero) is 1. The topological polar surface area (TPSA) is 352 Å². The summed E-state index contributed by atoms with van der Waals surface area (Å²) in [4.78, 5) is 30.9. The third kappa shape index (κ3) is 34.3. The molecule has 2 saturated heterocycles. The quantitative estimate of drug-likeness (QED) is 0.0221. The van der Waals surface area contributed by atoms with Crippen LogP contribution < -0.4 is 49.5 Å². The number of nitrogens with two attached hydrogens (primary N) is 4. The third-order valence-corrected chi connectivity index (χ3v) is 25.5. The van der Waals surface area contributed by atoms with Gasteiger partial charge in [0.2, 0.25) is 0 Å². The number of nitrogens with one attached hydrogen (secondary N) is 5. The van der Waals surface area contributed by atoms with Crippen molar-refractivity contribution in [3.05, 3.63) is 198 Å². The lowest BCUT2D eigenvalue weighted by Gasteiger charge is -2.36. The van der Waals surface area contributed by atoms with E-state index in [1.165, 1.54) is 19.8 Å². The number of aromatic nitrogens is 2. The number of nitrogens with zero attached hydrogens (tertiary/aromatic N) is 3. The highest BCUT2D eigenvalue weighted by Crippen LogP contribution is 2.56. The molecule has 7 saturated carbocycles. The highest BCUT2D eigenvalue weighted by atomic mass is 32.3. The Morgan fingerprint density at radius 2 is 0.918 bits per heavy atom. The highest BCUT2D eigenvalue weighted by Gasteiger charge is 2.59. The zero-order valence-electron chi connectivity index (χ0n) is 76.0. The van der Waals surface area contributed by atoms with Crippen molar-refractivity contribution in [2.24, 2.45) is 22.9 Å². The van der Waals surface area contributed by atoms with Gasteiger partial charge in [-0.05, 0) is 170 Å². The predicted molar refractivity (Wildman–Crippen MR) is 485 cm³/mol. The first-order valence-electron chi connectivity index (χ1n) is 45.3. The van der Waals surface area contributed by atoms with Crippen LogP contribution in [-0.4, -0.2) is 208 Å². The van der Waals surface area contributed by atoms with E-state index in [0.29, 0.717) is 86.1 Å². The van der Waals surface area contributed by atoms with E-state index < -0.39 is 125 Å². The molecule has 9 fully saturated rings. The largest absolute Gasteiger partial charge is 0.385 e. The fraction of sp³-hybridized carbons (Fsp3) is 0.579. The number of hydrogen-bond donors (Lipinski definition) is 13. The Hall–Kier alpha value is -7.97. The molecule has 18 atom stereocenters. The minimum atomic E-state index is -5.14. The van der Waals surface area contributed by atoms with E-state index in [0.717, 1.165) is 59.3 Å². The van der Waals surface area contributed by atoms with E-state index >= 15 is 0 Å². The average Bonchev–Trinajstić information content (AvgIpc) is 1.60. The number of epoxide rings is 2. The van der Waals surface area contributed by atoms with Gasteiger partial charge in [-0.15, -0.1) is 11.7 Å². The van der Waals surface area contributed by atoms with Gasteiger partial charge in [-0.1, -0.05) is 127 Å². The second-order valence-electron chi connectivity index (χ2n) is 35.0. The fourth-order valence-corrected chi connectivity index (χ4v) is 17.1. The standard InChI is InChI=1S/C21H21F3N6O.3C14H19F2NO.C8H11N.C6H14F3NO2S.C6H11F2NO.C6H8F2O.C6H8O2/c22-14-10-13(18(26)31)19(28-12-5-6-15-11(9-12)3-2-8-27-15)30-20(14)29-16-4-1-7-21(23,24)17(16)25;3*1-10(11-6-3-2-4-7-11)17-12-8-5-9-14(15,16)13(12)18;1-7(9)8-5-3-2-4-6-8;1-11-5-3-10(4-6-12-2)13(7,8)9;7-6(8)3-1-2-4(9)5(6)10;7-6(8)3-1-2-4-5(6)9-4;7-4-2-1-3-5-6(4)8-5/h2-3,5-6,8-10,16-17H,1,4,7,25H2,(H2,26,31)(H2,28,29,30);3*2-4,6-7,10,12-13,17-18H,5,8-9H2,1H3;2-7H,9H2,1H3;3-6H2,1-2H3;4-5,10H,1-3,9H2;4-5H,1-3H2;5-6H,1-3H2/t16-,17-;10-,12+,13-;2*10-,12-,13+;7-;;4-,5+;;/m11111.1../s1. The summed E-state index contributed by atoms with van der Waals surface area (Å²) in [6, 6.07) is 44.1. The van der Waals surface area contributed by atoms with Crippen molar-refractivity contribution < 1.29 is 118 Å². The van der Waals surface area contributed by atoms with Crippen LogP contribution >= 0.6 is 11.4 Å². The number of aliphatic hydroxyl groups excluding tert-OH is 4. The Labute approximate surface area is 774 Å². The number of primary amides is 1. The monoisotopic (exact) mass is 1930 g/mol. The summed E-state index contributed by atoms with van der Waals surface area (Å²) in [6.45, 7) is 7.66. The number of ketones is 1. The summed E-state index contributed by atoms with van der Waals surface area (Å²) in [7, 11) is 2.75. The smallest absolute Gasteiger partial charge is 0.278 e. The fourth-order valence-electron chi connectivity index (χ4n) is 16.5. The molecule has 7 aliphatic carbocycles. The Morgan fingerprint density at radius 1 is 0.507 bits per heavy atom. The lowest BCUT2D eigenvalue weighted by molar-refractivity contribution is -0.144. The van der Waals surface area contributed by atoms with E-state index in [9.17, 15) is 93.6 Å². The number of rotatable bonds is 22. The molecule has 5 aromatic carbocycles. The number of aliphatic hydroxyl groups is 4. The summed E-state index contributed by atoms with van der Waals surface area (Å²) in [5.41, 5.74) is 27.4. The van der Waals surface area contributed by atoms with Gasteiger partial charge in [-0.25, -0.2) is 62.1 Å². The van der Waals surface area contributed by atoms with Crippen LogP contribution in [0.4, 0.5) is 86.1 Å². The molecular formula is C95H130F16N12O10S. The molecule has 22 nitrogen and oxygen atoms in total. The van der Waals surface area contributed by atoms with Gasteiger partial charge in [0.1, 0.15) is 42.4 Å². The van der Waals surface area contributed by atoms with Crippen molar-refractivity contribution in [3.8, 4) is 0 Å². The number of hydrogen-bond acceptors (Lipinski definition) is 21. The Morgan fingerprint density at radius 3 is 1.31 bits per heavy atom. The van der Waals surface area contributed by atoms with E-state index in [1.807, 2.05) is 155 Å². The first-order chi connectivity index (χ1) is 63.2. The van der Waals surface area contributed by atoms with Crippen LogP contribution in [-0.2, 0) is 23.7 Å². The van der Waals surface area contributed by atoms with Crippen molar-refractivity contribution in [1.82, 2.24) is 30.2 Å². The second-order valence-corrected chi connectivity index (χ2v) is 36.3. The minimum absolute atomic E-state index is 0.00391. The summed E-state index contributed by atoms with van der Waals surface area (Å²) in [5.74, 6) is -19.2. The van der Waals surface area contributed by atoms with Crippen LogP contribution in [0.5, 0.6) is 0 Å². The number of carbonyl (C=O) groups is 2. The number of carbonyl (C=O) groups excluding carboxylic acids is 2. The zero-order chi connectivity index (χ0) is 98.5. The number of amides is 1. The first-order valence-corrected chi connectivity index (χ1v) is 46.6. The van der Waals surface area contributed by atoms with Gasteiger partial charge in [-0.2, -0.15) is 4.31 Å². The van der Waals surface area contributed by atoms with Crippen LogP contribution in [0.2, 0.25) is 0 Å². The number of benzene rings is 5. The van der Waals surface area contributed by atoms with Gasteiger partial charge < -0.3 is 88.9 Å². The number of pyridine rings is 2. The van der Waals surface area contributed by atoms with Crippen LogP contribution in [0.15, 0.2) is 164 Å². The number of ether oxygens (including phenoxy) is 4. The van der Waals surface area contributed by atoms with Crippen LogP contribution in [0, 0.1) is 5.82 Å². The predicted octanol–water partition coefficient (Wildman–Crippen LogP) is 18.4. The summed E-state index contributed by atoms with van der Waals surface area (Å²) < 4.78 is 229. The number of anilines is 3. The van der Waals surface area contributed by atoms with Crippen molar-refractivity contribution in [2.75, 3.05) is 51.2 Å². The molecule has 17 N–H and O–H groups in total. The Kier molecular flexibility index (Phi) is 42.9. The minimum Gasteiger partial charge on any atom is -0.385 e. The van der Waals surface area contributed by atoms with Crippen molar-refractivity contribution in [2.45, 2.75) is 307 Å². The van der Waals surface area contributed by atoms with E-state index in [1.54, 1.807) is 30.5 Å². The number of fused-ring (bicyclic) bond motifs is 3. The summed E-state index contributed by atoms with van der Waals surface area (Å²) in [6.07, 6.45) is 2.60. The second kappa shape index (κ2) is 51.6. The molecule has 9 aliphatic rings. The number of methoxy groups -OCH3 is 2. The normalized spacial score (nSPS) is 27.2. The van der Waals surface area contributed by atoms with E-state index in [-0.39, 0.29) is 125 Å². The highest BCUT2D eigenvalue weighted by molar-refractivity contribution is 8.18. The van der Waals surface area contributed by atoms with Crippen LogP contribution in [0.1, 0.15) is 219 Å². The van der Waals surface area contributed by atoms with Crippen molar-refractivity contribution in [1.29, 1.82) is 0 Å². The average molecular weight is 1940 g/mol. The van der Waals surface area contributed by atoms with E-state index in [2.05, 4.69) is 46.0 Å². The van der Waals surface area contributed by atoms with E-state index in [4.69, 9.17) is 37.5 Å². The zero-order valence-corrected chi connectivity index (χ0v) is 76.8. The molecule has 0 bridgehead atoms. The van der Waals surface area contributed by atoms with Crippen molar-refractivity contribution in [3.63, 3.8) is 0 Å². The molecule has 2 aromatic heterocycles. The molecular weight excluding hydrogens is 1810 g/mol.